The average Bonchev–Trinajstić information content (AvgIpc) is 2.36. The van der Waals surface area contributed by atoms with E-state index in [2.05, 4.69) is 41.4 Å². The molecule has 98 valence electrons. The first-order chi connectivity index (χ1) is 8.72. The number of nitrogens with two attached hydrogens (primary N) is 2. The highest BCUT2D eigenvalue weighted by atomic mass is 32.2. The molecule has 0 aliphatic carbocycles. The van der Waals surface area contributed by atoms with Gasteiger partial charge >= 0.3 is 0 Å². The first kappa shape index (κ1) is 14.6. The van der Waals surface area contributed by atoms with Crippen LogP contribution in [0.4, 0.5) is 0 Å². The maximum absolute atomic E-state index is 5.16. The fourth-order valence-electron chi connectivity index (χ4n) is 1.31. The highest BCUT2D eigenvalue weighted by Gasteiger charge is 1.94. The minimum absolute atomic E-state index is 0.0195. The molecule has 0 radical (unpaired) electrons. The molecule has 0 heterocycles. The van der Waals surface area contributed by atoms with Gasteiger partial charge in [0.2, 0.25) is 5.96 Å². The Morgan fingerprint density at radius 3 is 2.61 bits per heavy atom. The summed E-state index contributed by atoms with van der Waals surface area (Å²) in [4.78, 5) is 1.31. The molecule has 0 aromatic heterocycles. The van der Waals surface area contributed by atoms with Gasteiger partial charge in [-0.1, -0.05) is 25.5 Å². The van der Waals surface area contributed by atoms with Gasteiger partial charge in [0.1, 0.15) is 0 Å². The van der Waals surface area contributed by atoms with Crippen LogP contribution in [0.25, 0.3) is 0 Å². The molecule has 0 saturated heterocycles. The van der Waals surface area contributed by atoms with Crippen molar-refractivity contribution in [3.63, 3.8) is 0 Å². The zero-order valence-corrected chi connectivity index (χ0v) is 11.5. The Hall–Kier alpha value is -1.49. The standard InChI is InChI=1S/C13H20N4S/c1-2-3-10-18-12-6-4-11(5-7-12)8-9-16-17-13(14)15/h4-7,9H,2-3,8,10H2,1H3,(H4,14,15,17). The molecule has 0 unspecified atom stereocenters. The van der Waals surface area contributed by atoms with Gasteiger partial charge in [-0.3, -0.25) is 0 Å². The van der Waals surface area contributed by atoms with E-state index in [1.165, 1.54) is 29.1 Å². The van der Waals surface area contributed by atoms with Crippen molar-refractivity contribution in [1.82, 2.24) is 0 Å². The van der Waals surface area contributed by atoms with Crippen LogP contribution in [0.2, 0.25) is 0 Å². The van der Waals surface area contributed by atoms with Gasteiger partial charge in [0.05, 0.1) is 0 Å². The van der Waals surface area contributed by atoms with Gasteiger partial charge in [-0.05, 0) is 29.9 Å². The number of nitrogens with zero attached hydrogens (tertiary/aromatic N) is 2. The zero-order valence-electron chi connectivity index (χ0n) is 10.7. The Morgan fingerprint density at radius 2 is 2.00 bits per heavy atom. The Balaban J connectivity index is 2.40. The third-order valence-corrected chi connectivity index (χ3v) is 3.37. The van der Waals surface area contributed by atoms with Gasteiger partial charge in [-0.25, -0.2) is 0 Å². The summed E-state index contributed by atoms with van der Waals surface area (Å²) in [5.74, 6) is 1.16. The van der Waals surface area contributed by atoms with Crippen molar-refractivity contribution >= 4 is 23.9 Å². The minimum atomic E-state index is -0.0195. The van der Waals surface area contributed by atoms with E-state index in [0.717, 1.165) is 6.42 Å². The number of thioether (sulfide) groups is 1. The second-order valence-electron chi connectivity index (χ2n) is 3.87. The van der Waals surface area contributed by atoms with Crippen molar-refractivity contribution in [2.45, 2.75) is 31.1 Å². The van der Waals surface area contributed by atoms with Gasteiger partial charge in [0.15, 0.2) is 0 Å². The largest absolute Gasteiger partial charge is 0.369 e. The van der Waals surface area contributed by atoms with Crippen LogP contribution in [-0.2, 0) is 6.42 Å². The summed E-state index contributed by atoms with van der Waals surface area (Å²) in [6, 6.07) is 8.50. The molecule has 0 atom stereocenters. The number of guanidine groups is 1. The topological polar surface area (TPSA) is 76.8 Å². The van der Waals surface area contributed by atoms with Crippen LogP contribution in [-0.4, -0.2) is 17.9 Å². The molecule has 0 saturated carbocycles. The lowest BCUT2D eigenvalue weighted by molar-refractivity contribution is 0.896. The van der Waals surface area contributed by atoms with E-state index in [0.29, 0.717) is 0 Å². The number of hydrogen-bond donors (Lipinski definition) is 2. The van der Waals surface area contributed by atoms with Crippen LogP contribution < -0.4 is 11.5 Å². The average molecular weight is 264 g/mol. The second kappa shape index (κ2) is 8.58. The van der Waals surface area contributed by atoms with Crippen molar-refractivity contribution in [3.8, 4) is 0 Å². The first-order valence-electron chi connectivity index (χ1n) is 6.04. The molecule has 4 N–H and O–H groups in total. The van der Waals surface area contributed by atoms with Crippen LogP contribution in [0, 0.1) is 0 Å². The lowest BCUT2D eigenvalue weighted by atomic mass is 10.2. The maximum Gasteiger partial charge on any atom is 0.211 e. The molecule has 0 amide bonds. The van der Waals surface area contributed by atoms with E-state index >= 15 is 0 Å². The third-order valence-electron chi connectivity index (χ3n) is 2.27. The number of benzene rings is 1. The molecule has 18 heavy (non-hydrogen) atoms. The summed E-state index contributed by atoms with van der Waals surface area (Å²) >= 11 is 1.90. The molecular formula is C13H20N4S. The van der Waals surface area contributed by atoms with Crippen LogP contribution >= 0.6 is 11.8 Å². The molecular weight excluding hydrogens is 244 g/mol. The van der Waals surface area contributed by atoms with Crippen molar-refractivity contribution in [2.24, 2.45) is 21.7 Å². The molecule has 5 heteroatoms. The summed E-state index contributed by atoms with van der Waals surface area (Å²) in [5, 5.41) is 7.30. The minimum Gasteiger partial charge on any atom is -0.369 e. The maximum atomic E-state index is 5.16. The van der Waals surface area contributed by atoms with Crippen LogP contribution in [0.1, 0.15) is 25.3 Å². The highest BCUT2D eigenvalue weighted by molar-refractivity contribution is 7.99. The number of hydrogen-bond acceptors (Lipinski definition) is 3. The highest BCUT2D eigenvalue weighted by Crippen LogP contribution is 2.19. The van der Waals surface area contributed by atoms with E-state index < -0.39 is 0 Å². The summed E-state index contributed by atoms with van der Waals surface area (Å²) in [6.45, 7) is 2.21. The Kier molecular flexibility index (Phi) is 6.94. The fraction of sp³-hybridized carbons (Fsp3) is 0.385. The Morgan fingerprint density at radius 1 is 1.28 bits per heavy atom. The molecule has 0 bridgehead atoms. The molecule has 4 nitrogen and oxygen atoms in total. The second-order valence-corrected chi connectivity index (χ2v) is 5.04. The monoisotopic (exact) mass is 264 g/mol. The van der Waals surface area contributed by atoms with Crippen LogP contribution in [0.15, 0.2) is 39.4 Å². The van der Waals surface area contributed by atoms with Crippen molar-refractivity contribution in [2.75, 3.05) is 5.75 Å². The van der Waals surface area contributed by atoms with Gasteiger partial charge in [-0.2, -0.15) is 5.10 Å². The molecule has 1 aromatic carbocycles. The van der Waals surface area contributed by atoms with Gasteiger partial charge in [0, 0.05) is 17.5 Å². The predicted octanol–water partition coefficient (Wildman–Crippen LogP) is 2.38. The van der Waals surface area contributed by atoms with Crippen LogP contribution in [0.5, 0.6) is 0 Å². The van der Waals surface area contributed by atoms with Gasteiger partial charge in [0.25, 0.3) is 0 Å². The molecule has 1 rings (SSSR count). The molecule has 0 spiro atoms. The first-order valence-corrected chi connectivity index (χ1v) is 7.03. The SMILES string of the molecule is CCCCSc1ccc(CC=NN=C(N)N)cc1. The van der Waals surface area contributed by atoms with Crippen molar-refractivity contribution in [3.05, 3.63) is 29.8 Å². The quantitative estimate of drug-likeness (QED) is 0.261. The summed E-state index contributed by atoms with van der Waals surface area (Å²) in [7, 11) is 0. The number of unbranched alkanes of at least 4 members (excludes halogenated alkanes) is 1. The molecule has 0 aliphatic heterocycles. The zero-order chi connectivity index (χ0) is 13.2. The lowest BCUT2D eigenvalue weighted by Crippen LogP contribution is -2.21. The van der Waals surface area contributed by atoms with E-state index in [9.17, 15) is 0 Å². The Bertz CT molecular complexity index is 394. The van der Waals surface area contributed by atoms with Crippen LogP contribution in [0.3, 0.4) is 0 Å². The fourth-order valence-corrected chi connectivity index (χ4v) is 2.31. The Labute approximate surface area is 113 Å². The molecule has 0 fully saturated rings. The summed E-state index contributed by atoms with van der Waals surface area (Å²) < 4.78 is 0. The van der Waals surface area contributed by atoms with Gasteiger partial charge in [-0.15, -0.1) is 16.9 Å². The van der Waals surface area contributed by atoms with E-state index in [4.69, 9.17) is 11.5 Å². The normalized spacial score (nSPS) is 10.7. The van der Waals surface area contributed by atoms with E-state index in [1.807, 2.05) is 11.8 Å². The van der Waals surface area contributed by atoms with Crippen molar-refractivity contribution < 1.29 is 0 Å². The third kappa shape index (κ3) is 6.30. The smallest absolute Gasteiger partial charge is 0.211 e. The van der Waals surface area contributed by atoms with E-state index in [-0.39, 0.29) is 5.96 Å². The van der Waals surface area contributed by atoms with E-state index in [1.54, 1.807) is 6.21 Å². The summed E-state index contributed by atoms with van der Waals surface area (Å²) in [6.07, 6.45) is 4.93. The molecule has 0 aliphatic rings. The number of rotatable bonds is 7. The summed E-state index contributed by atoms with van der Waals surface area (Å²) in [5.41, 5.74) is 11.5. The van der Waals surface area contributed by atoms with Crippen molar-refractivity contribution in [1.29, 1.82) is 0 Å². The molecule has 1 aromatic rings. The lowest BCUT2D eigenvalue weighted by Gasteiger charge is -2.01. The van der Waals surface area contributed by atoms with Gasteiger partial charge < -0.3 is 11.5 Å². The predicted molar refractivity (Wildman–Crippen MR) is 80.1 cm³/mol.